The Morgan fingerprint density at radius 1 is 1.35 bits per heavy atom. The summed E-state index contributed by atoms with van der Waals surface area (Å²) in [6.45, 7) is 2.73. The number of nitrogens with zero attached hydrogens (tertiary/aromatic N) is 4. The molecule has 0 bridgehead atoms. The third-order valence-corrected chi connectivity index (χ3v) is 4.41. The van der Waals surface area contributed by atoms with Crippen LogP contribution in [0.2, 0.25) is 0 Å². The molecule has 26 heavy (non-hydrogen) atoms. The Balaban J connectivity index is 1.89. The lowest BCUT2D eigenvalue weighted by Crippen LogP contribution is -2.37. The summed E-state index contributed by atoms with van der Waals surface area (Å²) in [5.74, 6) is -0.921. The minimum atomic E-state index is -0.830. The molecule has 9 nitrogen and oxygen atoms in total. The van der Waals surface area contributed by atoms with Gasteiger partial charge in [-0.2, -0.15) is 0 Å². The van der Waals surface area contributed by atoms with E-state index in [0.29, 0.717) is 31.6 Å². The number of aliphatic carboxylic acids is 1. The number of aryl methyl sites for hydroxylation is 1. The van der Waals surface area contributed by atoms with Crippen molar-refractivity contribution in [3.63, 3.8) is 0 Å². The number of nitrogens with one attached hydrogen (secondary N) is 1. The lowest BCUT2D eigenvalue weighted by Gasteiger charge is -2.30. The molecule has 1 saturated heterocycles. The fourth-order valence-electron chi connectivity index (χ4n) is 3.06. The Hall–Kier alpha value is -3.23. The van der Waals surface area contributed by atoms with Gasteiger partial charge in [-0.1, -0.05) is 12.1 Å². The Morgan fingerprint density at radius 2 is 2.08 bits per heavy atom. The van der Waals surface area contributed by atoms with Crippen LogP contribution in [0.1, 0.15) is 18.4 Å². The number of aromatic nitrogens is 2. The smallest absolute Gasteiger partial charge is 0.353 e. The van der Waals surface area contributed by atoms with E-state index in [4.69, 9.17) is 5.11 Å². The molecule has 0 radical (unpaired) electrons. The van der Waals surface area contributed by atoms with E-state index in [1.807, 2.05) is 25.1 Å². The van der Waals surface area contributed by atoms with Crippen LogP contribution in [0.25, 0.3) is 0 Å². The maximum Gasteiger partial charge on any atom is 0.353 e. The predicted molar refractivity (Wildman–Crippen MR) is 95.7 cm³/mol. The van der Waals surface area contributed by atoms with E-state index in [-0.39, 0.29) is 17.3 Å². The molecule has 0 atom stereocenters. The summed E-state index contributed by atoms with van der Waals surface area (Å²) in [6.07, 6.45) is 2.14. The normalized spacial score (nSPS) is 14.9. The van der Waals surface area contributed by atoms with Gasteiger partial charge in [-0.25, -0.2) is 9.97 Å². The highest BCUT2D eigenvalue weighted by Crippen LogP contribution is 2.35. The minimum absolute atomic E-state index is 0.117. The van der Waals surface area contributed by atoms with E-state index >= 15 is 0 Å². The predicted octanol–water partition coefficient (Wildman–Crippen LogP) is 2.74. The van der Waals surface area contributed by atoms with Crippen molar-refractivity contribution in [1.82, 2.24) is 9.97 Å². The van der Waals surface area contributed by atoms with Crippen molar-refractivity contribution in [1.29, 1.82) is 0 Å². The van der Waals surface area contributed by atoms with Crippen LogP contribution in [-0.4, -0.2) is 39.1 Å². The van der Waals surface area contributed by atoms with Gasteiger partial charge in [-0.05, 0) is 37.5 Å². The lowest BCUT2D eigenvalue weighted by atomic mass is 9.97. The van der Waals surface area contributed by atoms with Gasteiger partial charge in [0.25, 0.3) is 0 Å². The van der Waals surface area contributed by atoms with E-state index in [9.17, 15) is 14.9 Å². The van der Waals surface area contributed by atoms with Gasteiger partial charge in [0, 0.05) is 18.8 Å². The van der Waals surface area contributed by atoms with Crippen molar-refractivity contribution in [2.45, 2.75) is 19.8 Å². The van der Waals surface area contributed by atoms with Crippen LogP contribution in [-0.2, 0) is 4.79 Å². The molecule has 1 fully saturated rings. The molecule has 2 N–H and O–H groups in total. The van der Waals surface area contributed by atoms with Crippen molar-refractivity contribution in [3.8, 4) is 0 Å². The largest absolute Gasteiger partial charge is 0.481 e. The second-order valence-corrected chi connectivity index (χ2v) is 6.25. The molecule has 0 aliphatic carbocycles. The summed E-state index contributed by atoms with van der Waals surface area (Å²) in [5, 5.41) is 23.8. The van der Waals surface area contributed by atoms with Crippen LogP contribution in [0.3, 0.4) is 0 Å². The van der Waals surface area contributed by atoms with Gasteiger partial charge in [0.1, 0.15) is 6.33 Å². The molecule has 1 aromatic carbocycles. The fraction of sp³-hybridized carbons (Fsp3) is 0.353. The summed E-state index contributed by atoms with van der Waals surface area (Å²) < 4.78 is 0. The first-order chi connectivity index (χ1) is 12.5. The van der Waals surface area contributed by atoms with Crippen molar-refractivity contribution >= 4 is 29.0 Å². The van der Waals surface area contributed by atoms with Gasteiger partial charge in [-0.15, -0.1) is 0 Å². The summed E-state index contributed by atoms with van der Waals surface area (Å²) in [6, 6.07) is 7.45. The average molecular weight is 357 g/mol. The van der Waals surface area contributed by atoms with Gasteiger partial charge < -0.3 is 15.3 Å². The zero-order chi connectivity index (χ0) is 18.7. The number of nitro groups is 1. The van der Waals surface area contributed by atoms with Gasteiger partial charge in [0.2, 0.25) is 11.6 Å². The maximum absolute atomic E-state index is 11.7. The Morgan fingerprint density at radius 3 is 2.69 bits per heavy atom. The average Bonchev–Trinajstić information content (AvgIpc) is 2.61. The number of hydrogen-bond donors (Lipinski definition) is 2. The topological polar surface area (TPSA) is 121 Å². The van der Waals surface area contributed by atoms with E-state index < -0.39 is 16.8 Å². The van der Waals surface area contributed by atoms with Crippen LogP contribution in [0, 0.1) is 23.0 Å². The number of carboxylic acid groups (broad SMARTS) is 1. The van der Waals surface area contributed by atoms with Gasteiger partial charge in [0.15, 0.2) is 0 Å². The summed E-state index contributed by atoms with van der Waals surface area (Å²) in [7, 11) is 0. The Labute approximate surface area is 149 Å². The zero-order valence-corrected chi connectivity index (χ0v) is 14.3. The molecule has 3 rings (SSSR count). The maximum atomic E-state index is 11.7. The number of anilines is 3. The Bertz CT molecular complexity index is 834. The van der Waals surface area contributed by atoms with Gasteiger partial charge >= 0.3 is 11.7 Å². The van der Waals surface area contributed by atoms with Crippen LogP contribution < -0.4 is 10.2 Å². The molecule has 0 amide bonds. The molecule has 1 aromatic heterocycles. The van der Waals surface area contributed by atoms with Crippen molar-refractivity contribution in [2.24, 2.45) is 5.92 Å². The number of hydrogen-bond acceptors (Lipinski definition) is 7. The highest BCUT2D eigenvalue weighted by Gasteiger charge is 2.31. The fourth-order valence-corrected chi connectivity index (χ4v) is 3.06. The molecule has 0 saturated carbocycles. The van der Waals surface area contributed by atoms with E-state index in [1.54, 1.807) is 11.0 Å². The standard InChI is InChI=1S/C17H19N5O4/c1-11-3-2-4-13(9-11)20-15-14(22(25)26)16(19-10-18-15)21-7-5-12(6-8-21)17(23)24/h2-4,9-10,12H,5-8H2,1H3,(H,23,24)(H,18,19,20). The van der Waals surface area contributed by atoms with Crippen LogP contribution in [0.5, 0.6) is 0 Å². The number of benzene rings is 1. The molecular formula is C17H19N5O4. The molecule has 0 unspecified atom stereocenters. The minimum Gasteiger partial charge on any atom is -0.481 e. The summed E-state index contributed by atoms with van der Waals surface area (Å²) >= 11 is 0. The second-order valence-electron chi connectivity index (χ2n) is 6.25. The Kier molecular flexibility index (Phi) is 4.97. The molecule has 0 spiro atoms. The SMILES string of the molecule is Cc1cccc(Nc2ncnc(N3CCC(C(=O)O)CC3)c2[N+](=O)[O-])c1. The van der Waals surface area contributed by atoms with E-state index in [2.05, 4.69) is 15.3 Å². The second kappa shape index (κ2) is 7.34. The molecule has 2 heterocycles. The van der Waals surface area contributed by atoms with Crippen molar-refractivity contribution in [3.05, 3.63) is 46.3 Å². The molecular weight excluding hydrogens is 338 g/mol. The highest BCUT2D eigenvalue weighted by atomic mass is 16.6. The highest BCUT2D eigenvalue weighted by molar-refractivity contribution is 5.75. The molecule has 1 aliphatic heterocycles. The first-order valence-corrected chi connectivity index (χ1v) is 8.26. The quantitative estimate of drug-likeness (QED) is 0.619. The lowest BCUT2D eigenvalue weighted by molar-refractivity contribution is -0.383. The third kappa shape index (κ3) is 3.71. The summed E-state index contributed by atoms with van der Waals surface area (Å²) in [5.41, 5.74) is 1.51. The van der Waals surface area contributed by atoms with Gasteiger partial charge in [0.05, 0.1) is 10.8 Å². The van der Waals surface area contributed by atoms with Gasteiger partial charge in [-0.3, -0.25) is 14.9 Å². The van der Waals surface area contributed by atoms with Crippen molar-refractivity contribution < 1.29 is 14.8 Å². The number of rotatable bonds is 5. The number of piperidine rings is 1. The first-order valence-electron chi connectivity index (χ1n) is 8.26. The zero-order valence-electron chi connectivity index (χ0n) is 14.3. The van der Waals surface area contributed by atoms with Crippen LogP contribution in [0.15, 0.2) is 30.6 Å². The first kappa shape index (κ1) is 17.6. The summed E-state index contributed by atoms with van der Waals surface area (Å²) in [4.78, 5) is 32.2. The van der Waals surface area contributed by atoms with Crippen molar-refractivity contribution in [2.75, 3.05) is 23.3 Å². The molecule has 2 aromatic rings. The van der Waals surface area contributed by atoms with E-state index in [0.717, 1.165) is 5.56 Å². The number of carboxylic acids is 1. The molecule has 1 aliphatic rings. The molecule has 136 valence electrons. The number of carbonyl (C=O) groups is 1. The monoisotopic (exact) mass is 357 g/mol. The third-order valence-electron chi connectivity index (χ3n) is 4.41. The van der Waals surface area contributed by atoms with Crippen LogP contribution >= 0.6 is 0 Å². The molecule has 9 heteroatoms. The van der Waals surface area contributed by atoms with Crippen LogP contribution in [0.4, 0.5) is 23.0 Å². The van der Waals surface area contributed by atoms with E-state index in [1.165, 1.54) is 6.33 Å².